The lowest BCUT2D eigenvalue weighted by Crippen LogP contribution is -2.50. The lowest BCUT2D eigenvalue weighted by molar-refractivity contribution is -0.0225. The second-order valence-corrected chi connectivity index (χ2v) is 4.87. The molecule has 1 aliphatic carbocycles. The molecule has 16 heavy (non-hydrogen) atoms. The van der Waals surface area contributed by atoms with Crippen LogP contribution in [0.3, 0.4) is 0 Å². The lowest BCUT2D eigenvalue weighted by atomic mass is 9.88. The van der Waals surface area contributed by atoms with Crippen molar-refractivity contribution >= 4 is 0 Å². The minimum Gasteiger partial charge on any atom is -0.389 e. The average molecular weight is 231 g/mol. The summed E-state index contributed by atoms with van der Waals surface area (Å²) in [6.07, 6.45) is 3.21. The Balaban J connectivity index is 2.07. The minimum absolute atomic E-state index is 0.423. The molecule has 0 heterocycles. The van der Waals surface area contributed by atoms with E-state index < -0.39 is 5.60 Å². The van der Waals surface area contributed by atoms with Crippen LogP contribution in [0.5, 0.6) is 0 Å². The van der Waals surface area contributed by atoms with Gasteiger partial charge in [-0.2, -0.15) is 0 Å². The Labute approximate surface area is 98.3 Å². The Kier molecular flexibility index (Phi) is 5.69. The van der Waals surface area contributed by atoms with Gasteiger partial charge < -0.3 is 19.9 Å². The largest absolute Gasteiger partial charge is 0.389 e. The highest BCUT2D eigenvalue weighted by Gasteiger charge is 2.31. The van der Waals surface area contributed by atoms with Crippen molar-refractivity contribution in [3.05, 3.63) is 0 Å². The molecular formula is C12H25NO3. The summed E-state index contributed by atoms with van der Waals surface area (Å²) in [5.41, 5.74) is -0.674. The van der Waals surface area contributed by atoms with Crippen LogP contribution in [0.2, 0.25) is 0 Å². The molecule has 1 aliphatic rings. The summed E-state index contributed by atoms with van der Waals surface area (Å²) >= 11 is 0. The number of hydrogen-bond acceptors (Lipinski definition) is 4. The number of rotatable bonds is 8. The van der Waals surface area contributed by atoms with E-state index >= 15 is 0 Å². The molecule has 0 aromatic carbocycles. The second-order valence-electron chi connectivity index (χ2n) is 4.87. The Bertz CT molecular complexity index is 191. The molecule has 4 nitrogen and oxygen atoms in total. The smallest absolute Gasteiger partial charge is 0.0765 e. The summed E-state index contributed by atoms with van der Waals surface area (Å²) in [6, 6.07) is 0.505. The normalized spacial score (nSPS) is 28.5. The quantitative estimate of drug-likeness (QED) is 0.652. The third-order valence-corrected chi connectivity index (χ3v) is 3.11. The summed E-state index contributed by atoms with van der Waals surface area (Å²) < 4.78 is 10.4. The molecule has 1 atom stereocenters. The average Bonchev–Trinajstić information content (AvgIpc) is 2.18. The van der Waals surface area contributed by atoms with Crippen LogP contribution in [0.25, 0.3) is 0 Å². The fraction of sp³-hybridized carbons (Fsp3) is 1.00. The van der Waals surface area contributed by atoms with E-state index in [-0.39, 0.29) is 0 Å². The minimum atomic E-state index is -0.674. The third kappa shape index (κ3) is 4.78. The van der Waals surface area contributed by atoms with Crippen LogP contribution in [0, 0.1) is 0 Å². The first-order valence-electron chi connectivity index (χ1n) is 6.13. The molecule has 0 aromatic heterocycles. The molecule has 1 saturated carbocycles. The molecule has 4 heteroatoms. The standard InChI is InChI=1S/C12H25NO3/c1-4-16-11-7-10(8-11)13-9-12(2,14)5-6-15-3/h10-11,13-14H,4-9H2,1-3H3. The van der Waals surface area contributed by atoms with E-state index in [4.69, 9.17) is 9.47 Å². The van der Waals surface area contributed by atoms with Crippen molar-refractivity contribution in [3.63, 3.8) is 0 Å². The van der Waals surface area contributed by atoms with E-state index in [1.54, 1.807) is 7.11 Å². The monoisotopic (exact) mass is 231 g/mol. The highest BCUT2D eigenvalue weighted by Crippen LogP contribution is 2.23. The number of ether oxygens (including phenoxy) is 2. The number of nitrogens with one attached hydrogen (secondary N) is 1. The molecule has 1 rings (SSSR count). The van der Waals surface area contributed by atoms with Gasteiger partial charge in [-0.15, -0.1) is 0 Å². The van der Waals surface area contributed by atoms with Gasteiger partial charge in [0.15, 0.2) is 0 Å². The van der Waals surface area contributed by atoms with Gasteiger partial charge in [0.1, 0.15) is 0 Å². The van der Waals surface area contributed by atoms with Crippen molar-refractivity contribution in [1.82, 2.24) is 5.32 Å². The van der Waals surface area contributed by atoms with Crippen LogP contribution < -0.4 is 5.32 Å². The van der Waals surface area contributed by atoms with E-state index in [1.165, 1.54) is 0 Å². The van der Waals surface area contributed by atoms with Crippen LogP contribution in [0.15, 0.2) is 0 Å². The van der Waals surface area contributed by atoms with Crippen LogP contribution in [-0.2, 0) is 9.47 Å². The highest BCUT2D eigenvalue weighted by molar-refractivity contribution is 4.88. The molecular weight excluding hydrogens is 206 g/mol. The lowest BCUT2D eigenvalue weighted by Gasteiger charge is -2.37. The van der Waals surface area contributed by atoms with Crippen molar-refractivity contribution in [2.24, 2.45) is 0 Å². The van der Waals surface area contributed by atoms with Gasteiger partial charge in [0.05, 0.1) is 11.7 Å². The maximum Gasteiger partial charge on any atom is 0.0765 e. The molecule has 0 spiro atoms. The van der Waals surface area contributed by atoms with Crippen molar-refractivity contribution in [2.75, 3.05) is 26.9 Å². The summed E-state index contributed by atoms with van der Waals surface area (Å²) in [5.74, 6) is 0. The Morgan fingerprint density at radius 2 is 2.12 bits per heavy atom. The molecule has 0 radical (unpaired) electrons. The molecule has 1 fully saturated rings. The van der Waals surface area contributed by atoms with Crippen LogP contribution in [0.4, 0.5) is 0 Å². The van der Waals surface area contributed by atoms with Crippen molar-refractivity contribution in [3.8, 4) is 0 Å². The van der Waals surface area contributed by atoms with Gasteiger partial charge in [0.25, 0.3) is 0 Å². The van der Waals surface area contributed by atoms with Gasteiger partial charge >= 0.3 is 0 Å². The molecule has 0 saturated heterocycles. The van der Waals surface area contributed by atoms with E-state index in [0.29, 0.717) is 31.7 Å². The van der Waals surface area contributed by atoms with E-state index in [2.05, 4.69) is 5.32 Å². The predicted molar refractivity (Wildman–Crippen MR) is 63.6 cm³/mol. The maximum atomic E-state index is 10.0. The number of hydrogen-bond donors (Lipinski definition) is 2. The summed E-state index contributed by atoms with van der Waals surface area (Å²) in [6.45, 7) is 5.89. The second kappa shape index (κ2) is 6.55. The zero-order valence-electron chi connectivity index (χ0n) is 10.7. The molecule has 0 amide bonds. The van der Waals surface area contributed by atoms with Crippen LogP contribution in [-0.4, -0.2) is 49.7 Å². The predicted octanol–water partition coefficient (Wildman–Crippen LogP) is 0.931. The van der Waals surface area contributed by atoms with Crippen LogP contribution >= 0.6 is 0 Å². The molecule has 0 aliphatic heterocycles. The van der Waals surface area contributed by atoms with E-state index in [9.17, 15) is 5.11 Å². The number of aliphatic hydroxyl groups is 1. The summed E-state index contributed by atoms with van der Waals surface area (Å²) in [7, 11) is 1.65. The Morgan fingerprint density at radius 3 is 2.69 bits per heavy atom. The zero-order valence-corrected chi connectivity index (χ0v) is 10.7. The zero-order chi connectivity index (χ0) is 12.0. The van der Waals surface area contributed by atoms with E-state index in [0.717, 1.165) is 19.4 Å². The van der Waals surface area contributed by atoms with Gasteiger partial charge in [-0.3, -0.25) is 0 Å². The van der Waals surface area contributed by atoms with Crippen molar-refractivity contribution in [2.45, 2.75) is 50.9 Å². The summed E-state index contributed by atoms with van der Waals surface area (Å²) in [4.78, 5) is 0. The van der Waals surface area contributed by atoms with Gasteiger partial charge in [0, 0.05) is 39.3 Å². The van der Waals surface area contributed by atoms with Crippen molar-refractivity contribution in [1.29, 1.82) is 0 Å². The Morgan fingerprint density at radius 1 is 1.44 bits per heavy atom. The Hall–Kier alpha value is -0.160. The summed E-state index contributed by atoms with van der Waals surface area (Å²) in [5, 5.41) is 13.4. The fourth-order valence-corrected chi connectivity index (χ4v) is 1.88. The molecule has 0 bridgehead atoms. The fourth-order valence-electron chi connectivity index (χ4n) is 1.88. The number of methoxy groups -OCH3 is 1. The van der Waals surface area contributed by atoms with Gasteiger partial charge in [0.2, 0.25) is 0 Å². The first-order chi connectivity index (χ1) is 7.57. The van der Waals surface area contributed by atoms with E-state index in [1.807, 2.05) is 13.8 Å². The van der Waals surface area contributed by atoms with Crippen LogP contribution in [0.1, 0.15) is 33.1 Å². The van der Waals surface area contributed by atoms with Gasteiger partial charge in [-0.25, -0.2) is 0 Å². The first-order valence-corrected chi connectivity index (χ1v) is 6.13. The maximum absolute atomic E-state index is 10.0. The van der Waals surface area contributed by atoms with Crippen molar-refractivity contribution < 1.29 is 14.6 Å². The molecule has 0 aromatic rings. The molecule has 2 N–H and O–H groups in total. The first kappa shape index (κ1) is 13.9. The van der Waals surface area contributed by atoms with Gasteiger partial charge in [-0.05, 0) is 26.7 Å². The van der Waals surface area contributed by atoms with Gasteiger partial charge in [-0.1, -0.05) is 0 Å². The molecule has 96 valence electrons. The third-order valence-electron chi connectivity index (χ3n) is 3.11. The topological polar surface area (TPSA) is 50.7 Å². The highest BCUT2D eigenvalue weighted by atomic mass is 16.5. The molecule has 1 unspecified atom stereocenters. The SMILES string of the molecule is CCOC1CC(NCC(C)(O)CCOC)C1.